The minimum Gasteiger partial charge on any atom is -0.0620 e. The van der Waals surface area contributed by atoms with Gasteiger partial charge in [-0.05, 0) is 82.8 Å². The van der Waals surface area contributed by atoms with E-state index in [1.165, 1.54) is 55.7 Å². The molecule has 1 aliphatic rings. The van der Waals surface area contributed by atoms with E-state index in [0.717, 1.165) is 6.42 Å². The van der Waals surface area contributed by atoms with Gasteiger partial charge in [-0.1, -0.05) is 81.4 Å². The predicted octanol–water partition coefficient (Wildman–Crippen LogP) is 7.95. The molecule has 0 unspecified atom stereocenters. The summed E-state index contributed by atoms with van der Waals surface area (Å²) in [5.41, 5.74) is 14.2. The van der Waals surface area contributed by atoms with E-state index in [2.05, 4.69) is 102 Å². The minimum atomic E-state index is 0.0130. The number of hydrogen-bond acceptors (Lipinski definition) is 0. The van der Waals surface area contributed by atoms with Crippen LogP contribution in [0.3, 0.4) is 0 Å². The van der Waals surface area contributed by atoms with Crippen LogP contribution in [-0.2, 0) is 5.41 Å². The lowest BCUT2D eigenvalue weighted by molar-refractivity contribution is 0.657. The smallest absolute Gasteiger partial charge is 0.0164 e. The standard InChI is InChI=1S/C28H30/c1-7-21(22-13-9-8-12-18(22)2)20(4)26-19(3)16-17-24-23-14-10-11-15-25(23)28(5,6)27(24)26/h8-17H,7H2,1-6H3/b21-20+. The van der Waals surface area contributed by atoms with E-state index in [4.69, 9.17) is 0 Å². The van der Waals surface area contributed by atoms with Gasteiger partial charge in [0.1, 0.15) is 0 Å². The molecule has 0 N–H and O–H groups in total. The number of benzene rings is 3. The molecule has 142 valence electrons. The fraction of sp³-hybridized carbons (Fsp3) is 0.286. The van der Waals surface area contributed by atoms with Crippen molar-refractivity contribution in [3.63, 3.8) is 0 Å². The summed E-state index contributed by atoms with van der Waals surface area (Å²) in [6.07, 6.45) is 1.03. The van der Waals surface area contributed by atoms with E-state index in [-0.39, 0.29) is 5.41 Å². The van der Waals surface area contributed by atoms with Gasteiger partial charge in [-0.15, -0.1) is 0 Å². The van der Waals surface area contributed by atoms with Crippen LogP contribution in [-0.4, -0.2) is 0 Å². The molecule has 28 heavy (non-hydrogen) atoms. The summed E-state index contributed by atoms with van der Waals surface area (Å²) in [6, 6.07) is 22.3. The highest BCUT2D eigenvalue weighted by Gasteiger charge is 2.38. The normalized spacial score (nSPS) is 15.1. The Bertz CT molecular complexity index is 1090. The van der Waals surface area contributed by atoms with Gasteiger partial charge in [0.05, 0.1) is 0 Å². The Kier molecular flexibility index (Phi) is 4.54. The molecule has 0 bridgehead atoms. The number of hydrogen-bond donors (Lipinski definition) is 0. The molecule has 0 aromatic heterocycles. The van der Waals surface area contributed by atoms with Crippen molar-refractivity contribution < 1.29 is 0 Å². The van der Waals surface area contributed by atoms with E-state index < -0.39 is 0 Å². The van der Waals surface area contributed by atoms with Crippen molar-refractivity contribution in [2.24, 2.45) is 0 Å². The third-order valence-corrected chi connectivity index (χ3v) is 6.58. The topological polar surface area (TPSA) is 0 Å². The Hall–Kier alpha value is -2.60. The molecule has 0 saturated carbocycles. The Labute approximate surface area is 169 Å². The van der Waals surface area contributed by atoms with Crippen molar-refractivity contribution in [2.75, 3.05) is 0 Å². The summed E-state index contributed by atoms with van der Waals surface area (Å²) in [6.45, 7) is 13.9. The average Bonchev–Trinajstić information content (AvgIpc) is 2.91. The molecule has 0 amide bonds. The predicted molar refractivity (Wildman–Crippen MR) is 123 cm³/mol. The van der Waals surface area contributed by atoms with E-state index >= 15 is 0 Å². The van der Waals surface area contributed by atoms with E-state index in [1.807, 2.05) is 0 Å². The molecular weight excluding hydrogens is 336 g/mol. The van der Waals surface area contributed by atoms with Crippen LogP contribution in [0, 0.1) is 13.8 Å². The summed E-state index contributed by atoms with van der Waals surface area (Å²) >= 11 is 0. The van der Waals surface area contributed by atoms with Gasteiger partial charge in [0.15, 0.2) is 0 Å². The molecular formula is C28H30. The van der Waals surface area contributed by atoms with Gasteiger partial charge < -0.3 is 0 Å². The van der Waals surface area contributed by atoms with Crippen LogP contribution in [0.25, 0.3) is 22.3 Å². The molecule has 3 aromatic rings. The first-order chi connectivity index (χ1) is 13.4. The number of allylic oxidation sites excluding steroid dienone is 2. The molecule has 0 atom stereocenters. The van der Waals surface area contributed by atoms with Crippen LogP contribution in [0.2, 0.25) is 0 Å². The third kappa shape index (κ3) is 2.66. The first-order valence-electron chi connectivity index (χ1n) is 10.4. The summed E-state index contributed by atoms with van der Waals surface area (Å²) in [5.74, 6) is 0. The highest BCUT2D eigenvalue weighted by molar-refractivity contribution is 5.96. The highest BCUT2D eigenvalue weighted by atomic mass is 14.4. The SMILES string of the molecule is CC/C(=C(/C)c1c(C)ccc2c1C(C)(C)c1ccccc1-2)c1ccccc1C. The first kappa shape index (κ1) is 18.7. The van der Waals surface area contributed by atoms with Crippen LogP contribution < -0.4 is 0 Å². The Morgan fingerprint density at radius 1 is 0.786 bits per heavy atom. The first-order valence-corrected chi connectivity index (χ1v) is 10.4. The maximum Gasteiger partial charge on any atom is 0.0164 e. The number of fused-ring (bicyclic) bond motifs is 3. The second kappa shape index (κ2) is 6.78. The zero-order valence-electron chi connectivity index (χ0n) is 18.0. The lowest BCUT2D eigenvalue weighted by Crippen LogP contribution is -2.17. The minimum absolute atomic E-state index is 0.0130. The Morgan fingerprint density at radius 2 is 1.46 bits per heavy atom. The number of aryl methyl sites for hydroxylation is 2. The van der Waals surface area contributed by atoms with E-state index in [9.17, 15) is 0 Å². The zero-order chi connectivity index (χ0) is 20.1. The largest absolute Gasteiger partial charge is 0.0620 e. The maximum atomic E-state index is 2.38. The van der Waals surface area contributed by atoms with Crippen molar-refractivity contribution in [1.29, 1.82) is 0 Å². The monoisotopic (exact) mass is 366 g/mol. The molecule has 1 aliphatic carbocycles. The van der Waals surface area contributed by atoms with Crippen LogP contribution in [0.4, 0.5) is 0 Å². The summed E-state index contributed by atoms with van der Waals surface area (Å²) < 4.78 is 0. The third-order valence-electron chi connectivity index (χ3n) is 6.58. The second-order valence-electron chi connectivity index (χ2n) is 8.62. The van der Waals surface area contributed by atoms with E-state index in [1.54, 1.807) is 0 Å². The van der Waals surface area contributed by atoms with Crippen LogP contribution in [0.5, 0.6) is 0 Å². The summed E-state index contributed by atoms with van der Waals surface area (Å²) in [5, 5.41) is 0. The second-order valence-corrected chi connectivity index (χ2v) is 8.62. The molecule has 0 heterocycles. The molecule has 0 nitrogen and oxygen atoms in total. The highest BCUT2D eigenvalue weighted by Crippen LogP contribution is 2.52. The van der Waals surface area contributed by atoms with Crippen molar-refractivity contribution in [3.8, 4) is 11.1 Å². The molecule has 0 heteroatoms. The van der Waals surface area contributed by atoms with Crippen molar-refractivity contribution in [3.05, 3.63) is 94.0 Å². The maximum absolute atomic E-state index is 2.38. The molecule has 0 aliphatic heterocycles. The van der Waals surface area contributed by atoms with Gasteiger partial charge in [0.25, 0.3) is 0 Å². The van der Waals surface area contributed by atoms with Gasteiger partial charge in [-0.3, -0.25) is 0 Å². The van der Waals surface area contributed by atoms with Crippen molar-refractivity contribution in [1.82, 2.24) is 0 Å². The Morgan fingerprint density at radius 3 is 2.18 bits per heavy atom. The molecule has 0 fully saturated rings. The summed E-state index contributed by atoms with van der Waals surface area (Å²) in [7, 11) is 0. The molecule has 4 rings (SSSR count). The van der Waals surface area contributed by atoms with Gasteiger partial charge >= 0.3 is 0 Å². The van der Waals surface area contributed by atoms with Crippen molar-refractivity contribution in [2.45, 2.75) is 53.4 Å². The lowest BCUT2D eigenvalue weighted by atomic mass is 9.76. The van der Waals surface area contributed by atoms with Gasteiger partial charge in [0, 0.05) is 5.41 Å². The molecule has 0 saturated heterocycles. The Balaban J connectivity index is 2.05. The average molecular weight is 367 g/mol. The number of rotatable bonds is 3. The fourth-order valence-corrected chi connectivity index (χ4v) is 5.18. The molecule has 0 radical (unpaired) electrons. The van der Waals surface area contributed by atoms with Crippen LogP contribution in [0.1, 0.15) is 67.5 Å². The fourth-order valence-electron chi connectivity index (χ4n) is 5.18. The van der Waals surface area contributed by atoms with Crippen LogP contribution in [0.15, 0.2) is 60.7 Å². The van der Waals surface area contributed by atoms with E-state index in [0.29, 0.717) is 0 Å². The van der Waals surface area contributed by atoms with Crippen LogP contribution >= 0.6 is 0 Å². The molecule has 0 spiro atoms. The van der Waals surface area contributed by atoms with Gasteiger partial charge in [-0.2, -0.15) is 0 Å². The van der Waals surface area contributed by atoms with Gasteiger partial charge in [-0.25, -0.2) is 0 Å². The summed E-state index contributed by atoms with van der Waals surface area (Å²) in [4.78, 5) is 0. The lowest BCUT2D eigenvalue weighted by Gasteiger charge is -2.27. The van der Waals surface area contributed by atoms with Gasteiger partial charge in [0.2, 0.25) is 0 Å². The van der Waals surface area contributed by atoms with Crippen molar-refractivity contribution >= 4 is 11.1 Å². The quantitative estimate of drug-likeness (QED) is 0.413. The molecule has 3 aromatic carbocycles. The zero-order valence-corrected chi connectivity index (χ0v) is 18.0.